The highest BCUT2D eigenvalue weighted by Gasteiger charge is 2.38. The Morgan fingerprint density at radius 1 is 1.29 bits per heavy atom. The van der Waals surface area contributed by atoms with Crippen molar-refractivity contribution in [1.82, 2.24) is 25.1 Å². The van der Waals surface area contributed by atoms with Gasteiger partial charge in [-0.1, -0.05) is 10.4 Å². The fraction of sp³-hybridized carbons (Fsp3) is 0.684. The molecule has 2 aromatic heterocycles. The molecule has 4 rings (SSSR count). The predicted octanol–water partition coefficient (Wildman–Crippen LogP) is 2.85. The molecule has 1 aliphatic carbocycles. The number of fused-ring (bicyclic) bond motifs is 1. The van der Waals surface area contributed by atoms with Crippen molar-refractivity contribution in [1.29, 1.82) is 0 Å². The van der Waals surface area contributed by atoms with Gasteiger partial charge in [-0.3, -0.25) is 4.90 Å². The standard InChI is InChI=1S/C17H25N5O2.C2HF3O2/c1-12-15(13(2)24-19-12)8-21-6-3-7-22-17(9-21)16(18-20-22)11-23-10-14-4-5-14;3-2(4,5)1(6)7/h14H,3-11H2,1-2H3;(H,6,7). The zero-order chi connectivity index (χ0) is 22.6. The third-order valence-corrected chi connectivity index (χ3v) is 5.23. The minimum absolute atomic E-state index is 0.574. The molecule has 0 radical (unpaired) electrons. The van der Waals surface area contributed by atoms with Crippen molar-refractivity contribution in [2.24, 2.45) is 5.92 Å². The SMILES string of the molecule is Cc1noc(C)c1CN1CCCn2nnc(COCC3CC3)c2C1.O=C(O)C(F)(F)F. The van der Waals surface area contributed by atoms with E-state index in [0.717, 1.165) is 62.3 Å². The molecule has 0 saturated heterocycles. The van der Waals surface area contributed by atoms with Crippen molar-refractivity contribution >= 4 is 5.97 Å². The quantitative estimate of drug-likeness (QED) is 0.724. The molecule has 1 fully saturated rings. The van der Waals surface area contributed by atoms with Crippen LogP contribution in [0.4, 0.5) is 13.2 Å². The molecule has 2 aromatic rings. The summed E-state index contributed by atoms with van der Waals surface area (Å²) in [5, 5.41) is 19.9. The molecule has 3 heterocycles. The molecular formula is C19H26F3N5O4. The number of carboxylic acid groups (broad SMARTS) is 1. The second kappa shape index (κ2) is 9.77. The van der Waals surface area contributed by atoms with Gasteiger partial charge in [-0.2, -0.15) is 13.2 Å². The summed E-state index contributed by atoms with van der Waals surface area (Å²) in [6.45, 7) is 9.08. The number of halogens is 3. The minimum atomic E-state index is -5.08. The van der Waals surface area contributed by atoms with Gasteiger partial charge in [0.15, 0.2) is 0 Å². The van der Waals surface area contributed by atoms with Crippen LogP contribution in [0, 0.1) is 19.8 Å². The van der Waals surface area contributed by atoms with Crippen LogP contribution in [-0.2, 0) is 35.8 Å². The van der Waals surface area contributed by atoms with Crippen molar-refractivity contribution in [3.63, 3.8) is 0 Å². The third kappa shape index (κ3) is 6.50. The first-order valence-electron chi connectivity index (χ1n) is 10.1. The Morgan fingerprint density at radius 2 is 2.00 bits per heavy atom. The predicted molar refractivity (Wildman–Crippen MR) is 101 cm³/mol. The van der Waals surface area contributed by atoms with Crippen LogP contribution < -0.4 is 0 Å². The maximum absolute atomic E-state index is 10.6. The van der Waals surface area contributed by atoms with Crippen LogP contribution >= 0.6 is 0 Å². The molecule has 2 aliphatic rings. The first kappa shape index (κ1) is 23.2. The molecule has 1 N–H and O–H groups in total. The van der Waals surface area contributed by atoms with E-state index in [9.17, 15) is 13.2 Å². The molecule has 1 aliphatic heterocycles. The van der Waals surface area contributed by atoms with E-state index < -0.39 is 12.1 Å². The van der Waals surface area contributed by atoms with Gasteiger partial charge < -0.3 is 14.4 Å². The first-order chi connectivity index (χ1) is 14.6. The lowest BCUT2D eigenvalue weighted by molar-refractivity contribution is -0.192. The van der Waals surface area contributed by atoms with Crippen LogP contribution in [0.5, 0.6) is 0 Å². The largest absolute Gasteiger partial charge is 0.490 e. The molecule has 0 atom stereocenters. The average molecular weight is 445 g/mol. The summed E-state index contributed by atoms with van der Waals surface area (Å²) in [4.78, 5) is 11.3. The molecule has 1 saturated carbocycles. The highest BCUT2D eigenvalue weighted by atomic mass is 19.4. The second-order valence-electron chi connectivity index (χ2n) is 7.83. The normalized spacial score (nSPS) is 16.9. The molecule has 172 valence electrons. The number of carbonyl (C=O) groups is 1. The zero-order valence-corrected chi connectivity index (χ0v) is 17.5. The minimum Gasteiger partial charge on any atom is -0.475 e. The van der Waals surface area contributed by atoms with Gasteiger partial charge in [0.05, 0.1) is 18.0 Å². The Kier molecular flexibility index (Phi) is 7.31. The summed E-state index contributed by atoms with van der Waals surface area (Å²) in [5.41, 5.74) is 4.36. The smallest absolute Gasteiger partial charge is 0.475 e. The number of hydrogen-bond donors (Lipinski definition) is 1. The molecule has 0 bridgehead atoms. The van der Waals surface area contributed by atoms with Gasteiger partial charge in [-0.25, -0.2) is 9.48 Å². The van der Waals surface area contributed by atoms with Crippen molar-refractivity contribution in [3.05, 3.63) is 28.4 Å². The molecule has 0 spiro atoms. The summed E-state index contributed by atoms with van der Waals surface area (Å²) in [6.07, 6.45) is -1.39. The Bertz CT molecular complexity index is 872. The number of aromatic nitrogens is 4. The number of ether oxygens (including phenoxy) is 1. The van der Waals surface area contributed by atoms with Gasteiger partial charge in [0.1, 0.15) is 11.5 Å². The van der Waals surface area contributed by atoms with E-state index in [2.05, 4.69) is 20.4 Å². The van der Waals surface area contributed by atoms with Crippen LogP contribution in [0.1, 0.15) is 47.7 Å². The summed E-state index contributed by atoms with van der Waals surface area (Å²) in [7, 11) is 0. The fourth-order valence-electron chi connectivity index (χ4n) is 3.26. The van der Waals surface area contributed by atoms with Gasteiger partial charge in [0.2, 0.25) is 0 Å². The van der Waals surface area contributed by atoms with Gasteiger partial charge in [0.25, 0.3) is 0 Å². The monoisotopic (exact) mass is 445 g/mol. The van der Waals surface area contributed by atoms with E-state index in [1.165, 1.54) is 24.1 Å². The van der Waals surface area contributed by atoms with Gasteiger partial charge >= 0.3 is 12.1 Å². The molecule has 0 unspecified atom stereocenters. The van der Waals surface area contributed by atoms with E-state index >= 15 is 0 Å². The lowest BCUT2D eigenvalue weighted by atomic mass is 10.2. The third-order valence-electron chi connectivity index (χ3n) is 5.23. The second-order valence-corrected chi connectivity index (χ2v) is 7.83. The molecule has 12 heteroatoms. The summed E-state index contributed by atoms with van der Waals surface area (Å²) in [5.74, 6) is -1.07. The van der Waals surface area contributed by atoms with Gasteiger partial charge in [-0.05, 0) is 39.0 Å². The number of carboxylic acids is 1. The number of aryl methyl sites for hydroxylation is 3. The van der Waals surface area contributed by atoms with Crippen molar-refractivity contribution < 1.29 is 32.3 Å². The lowest BCUT2D eigenvalue weighted by Gasteiger charge is -2.19. The van der Waals surface area contributed by atoms with Crippen LogP contribution in [0.3, 0.4) is 0 Å². The van der Waals surface area contributed by atoms with E-state index in [0.29, 0.717) is 6.61 Å². The topological polar surface area (TPSA) is 107 Å². The Labute approximate surface area is 177 Å². The first-order valence-corrected chi connectivity index (χ1v) is 10.1. The van der Waals surface area contributed by atoms with Gasteiger partial charge in [-0.15, -0.1) is 5.10 Å². The lowest BCUT2D eigenvalue weighted by Crippen LogP contribution is -2.24. The zero-order valence-electron chi connectivity index (χ0n) is 17.5. The van der Waals surface area contributed by atoms with Crippen molar-refractivity contribution in [2.45, 2.75) is 65.5 Å². The fourth-order valence-corrected chi connectivity index (χ4v) is 3.26. The van der Waals surface area contributed by atoms with Crippen LogP contribution in [0.25, 0.3) is 0 Å². The van der Waals surface area contributed by atoms with E-state index in [4.69, 9.17) is 19.2 Å². The van der Waals surface area contributed by atoms with Crippen molar-refractivity contribution in [3.8, 4) is 0 Å². The van der Waals surface area contributed by atoms with E-state index in [1.54, 1.807) is 0 Å². The van der Waals surface area contributed by atoms with Crippen LogP contribution in [0.2, 0.25) is 0 Å². The molecule has 9 nitrogen and oxygen atoms in total. The average Bonchev–Trinajstić information content (AvgIpc) is 3.42. The highest BCUT2D eigenvalue weighted by molar-refractivity contribution is 5.73. The summed E-state index contributed by atoms with van der Waals surface area (Å²) >= 11 is 0. The summed E-state index contributed by atoms with van der Waals surface area (Å²) < 4.78 is 44.9. The Morgan fingerprint density at radius 3 is 2.58 bits per heavy atom. The number of rotatable bonds is 6. The van der Waals surface area contributed by atoms with E-state index in [-0.39, 0.29) is 0 Å². The number of nitrogens with zero attached hydrogens (tertiary/aromatic N) is 5. The maximum atomic E-state index is 10.6. The molecule has 0 aromatic carbocycles. The van der Waals surface area contributed by atoms with Crippen LogP contribution in [-0.4, -0.2) is 55.5 Å². The van der Waals surface area contributed by atoms with Crippen LogP contribution in [0.15, 0.2) is 4.52 Å². The Hall–Kier alpha value is -2.47. The number of hydrogen-bond acceptors (Lipinski definition) is 7. The molecule has 0 amide bonds. The molecule has 31 heavy (non-hydrogen) atoms. The highest BCUT2D eigenvalue weighted by Crippen LogP contribution is 2.29. The maximum Gasteiger partial charge on any atom is 0.490 e. The van der Waals surface area contributed by atoms with Crippen molar-refractivity contribution in [2.75, 3.05) is 13.2 Å². The van der Waals surface area contributed by atoms with Gasteiger partial charge in [0, 0.05) is 38.3 Å². The van der Waals surface area contributed by atoms with E-state index in [1.807, 2.05) is 18.5 Å². The Balaban J connectivity index is 0.000000339. The summed E-state index contributed by atoms with van der Waals surface area (Å²) in [6, 6.07) is 0. The number of aliphatic carboxylic acids is 1. The molecular weight excluding hydrogens is 419 g/mol. The number of alkyl halides is 3.